The smallest absolute Gasteiger partial charge is 0.337 e. The van der Waals surface area contributed by atoms with E-state index in [1.165, 1.54) is 0 Å². The molecule has 1 heterocycles. The molecule has 2 atom stereocenters. The number of fused-ring (bicyclic) bond motifs is 1. The normalized spacial score (nSPS) is 14.5. The van der Waals surface area contributed by atoms with Crippen molar-refractivity contribution in [3.8, 4) is 0 Å². The Bertz CT molecular complexity index is 618. The summed E-state index contributed by atoms with van der Waals surface area (Å²) in [5.74, 6) is -0.176. The number of aliphatic hydroxyl groups excluding tert-OH is 1. The molecule has 0 amide bonds. The number of carboxylic acids is 1. The van der Waals surface area contributed by atoms with Crippen molar-refractivity contribution in [2.75, 3.05) is 6.61 Å². The van der Waals surface area contributed by atoms with Crippen LogP contribution in [0, 0.1) is 12.8 Å². The fourth-order valence-electron chi connectivity index (χ4n) is 2.34. The molecule has 102 valence electrons. The number of carbonyl (C=O) groups is 1. The number of carboxylic acid groups (broad SMARTS) is 1. The Morgan fingerprint density at radius 3 is 2.68 bits per heavy atom. The maximum absolute atomic E-state index is 11.3. The molecule has 1 aromatic carbocycles. The first-order chi connectivity index (χ1) is 8.97. The zero-order valence-corrected chi connectivity index (χ0v) is 11.3. The molecule has 5 nitrogen and oxygen atoms in total. The average Bonchev–Trinajstić information content (AvgIpc) is 2.72. The van der Waals surface area contributed by atoms with E-state index in [1.807, 2.05) is 31.4 Å². The summed E-state index contributed by atoms with van der Waals surface area (Å²) in [6.07, 6.45) is 0. The molecule has 1 aromatic heterocycles. The molecule has 0 aliphatic rings. The summed E-state index contributed by atoms with van der Waals surface area (Å²) < 4.78 is 1.90. The number of rotatable bonds is 4. The second kappa shape index (κ2) is 5.01. The van der Waals surface area contributed by atoms with Crippen molar-refractivity contribution in [1.29, 1.82) is 0 Å². The highest BCUT2D eigenvalue weighted by atomic mass is 16.4. The number of para-hydroxylation sites is 1. The standard InChI is InChI=1S/C14H18N2O3/c1-8(7-17)9(2)16-10(3)15-12-6-4-5-11(13(12)16)14(18)19/h4-6,8-9,17H,7H2,1-3H3,(H,18,19). The van der Waals surface area contributed by atoms with Crippen molar-refractivity contribution < 1.29 is 15.0 Å². The van der Waals surface area contributed by atoms with Gasteiger partial charge in [0.25, 0.3) is 0 Å². The van der Waals surface area contributed by atoms with Crippen molar-refractivity contribution in [3.05, 3.63) is 29.6 Å². The summed E-state index contributed by atoms with van der Waals surface area (Å²) in [6, 6.07) is 5.07. The van der Waals surface area contributed by atoms with E-state index in [2.05, 4.69) is 4.98 Å². The summed E-state index contributed by atoms with van der Waals surface area (Å²) in [6.45, 7) is 5.80. The fourth-order valence-corrected chi connectivity index (χ4v) is 2.34. The van der Waals surface area contributed by atoms with Gasteiger partial charge in [0, 0.05) is 12.6 Å². The molecule has 0 saturated carbocycles. The average molecular weight is 262 g/mol. The van der Waals surface area contributed by atoms with Crippen LogP contribution in [-0.4, -0.2) is 32.3 Å². The van der Waals surface area contributed by atoms with Gasteiger partial charge in [-0.05, 0) is 31.9 Å². The van der Waals surface area contributed by atoms with E-state index in [1.54, 1.807) is 12.1 Å². The maximum Gasteiger partial charge on any atom is 0.337 e. The van der Waals surface area contributed by atoms with E-state index < -0.39 is 5.97 Å². The molecular formula is C14H18N2O3. The van der Waals surface area contributed by atoms with Crippen LogP contribution in [0.1, 0.15) is 36.1 Å². The Hall–Kier alpha value is -1.88. The van der Waals surface area contributed by atoms with E-state index in [9.17, 15) is 15.0 Å². The van der Waals surface area contributed by atoms with Gasteiger partial charge in [0.1, 0.15) is 5.82 Å². The topological polar surface area (TPSA) is 75.3 Å². The lowest BCUT2D eigenvalue weighted by Gasteiger charge is -2.22. The van der Waals surface area contributed by atoms with Crippen molar-refractivity contribution in [2.24, 2.45) is 5.92 Å². The van der Waals surface area contributed by atoms with Crippen LogP contribution in [0.15, 0.2) is 18.2 Å². The molecule has 0 aliphatic heterocycles. The molecule has 5 heteroatoms. The van der Waals surface area contributed by atoms with Gasteiger partial charge in [0.15, 0.2) is 0 Å². The number of imidazole rings is 1. The Kier molecular flexibility index (Phi) is 3.57. The lowest BCUT2D eigenvalue weighted by atomic mass is 10.0. The minimum absolute atomic E-state index is 0.0181. The van der Waals surface area contributed by atoms with Gasteiger partial charge < -0.3 is 14.8 Å². The van der Waals surface area contributed by atoms with Crippen LogP contribution in [0.4, 0.5) is 0 Å². The third-order valence-electron chi connectivity index (χ3n) is 3.64. The molecule has 0 spiro atoms. The number of benzene rings is 1. The van der Waals surface area contributed by atoms with Crippen LogP contribution < -0.4 is 0 Å². The van der Waals surface area contributed by atoms with Crippen LogP contribution in [0.5, 0.6) is 0 Å². The fraction of sp³-hybridized carbons (Fsp3) is 0.429. The number of nitrogens with zero attached hydrogens (tertiary/aromatic N) is 2. The lowest BCUT2D eigenvalue weighted by Crippen LogP contribution is -2.19. The molecular weight excluding hydrogens is 244 g/mol. The van der Waals surface area contributed by atoms with Gasteiger partial charge in [-0.1, -0.05) is 13.0 Å². The minimum atomic E-state index is -0.962. The Balaban J connectivity index is 2.72. The van der Waals surface area contributed by atoms with E-state index in [-0.39, 0.29) is 24.1 Å². The number of aryl methyl sites for hydroxylation is 1. The number of aliphatic hydroxyl groups is 1. The molecule has 0 saturated heterocycles. The molecule has 0 aliphatic carbocycles. The molecule has 0 radical (unpaired) electrons. The predicted molar refractivity (Wildman–Crippen MR) is 72.4 cm³/mol. The highest BCUT2D eigenvalue weighted by molar-refractivity contribution is 6.01. The quantitative estimate of drug-likeness (QED) is 0.886. The zero-order valence-electron chi connectivity index (χ0n) is 11.3. The van der Waals surface area contributed by atoms with Gasteiger partial charge in [0.05, 0.1) is 16.6 Å². The highest BCUT2D eigenvalue weighted by Crippen LogP contribution is 2.28. The third kappa shape index (κ3) is 2.21. The Labute approximate surface area is 111 Å². The lowest BCUT2D eigenvalue weighted by molar-refractivity contribution is 0.0698. The van der Waals surface area contributed by atoms with Crippen molar-refractivity contribution in [1.82, 2.24) is 9.55 Å². The SMILES string of the molecule is Cc1nc2cccc(C(=O)O)c2n1C(C)C(C)CO. The van der Waals surface area contributed by atoms with Crippen LogP contribution in [0.3, 0.4) is 0 Å². The second-order valence-electron chi connectivity index (χ2n) is 4.91. The number of hydrogen-bond acceptors (Lipinski definition) is 3. The van der Waals surface area contributed by atoms with Crippen molar-refractivity contribution >= 4 is 17.0 Å². The van der Waals surface area contributed by atoms with Gasteiger partial charge in [-0.25, -0.2) is 9.78 Å². The second-order valence-corrected chi connectivity index (χ2v) is 4.91. The number of aromatic nitrogens is 2. The first-order valence-electron chi connectivity index (χ1n) is 6.29. The van der Waals surface area contributed by atoms with E-state index in [0.29, 0.717) is 11.0 Å². The summed E-state index contributed by atoms with van der Waals surface area (Å²) >= 11 is 0. The molecule has 2 unspecified atom stereocenters. The van der Waals surface area contributed by atoms with Gasteiger partial charge >= 0.3 is 5.97 Å². The van der Waals surface area contributed by atoms with Crippen LogP contribution in [0.25, 0.3) is 11.0 Å². The van der Waals surface area contributed by atoms with E-state index in [0.717, 1.165) is 5.82 Å². The van der Waals surface area contributed by atoms with Gasteiger partial charge in [-0.3, -0.25) is 0 Å². The molecule has 2 aromatic rings. The monoisotopic (exact) mass is 262 g/mol. The van der Waals surface area contributed by atoms with Crippen LogP contribution >= 0.6 is 0 Å². The highest BCUT2D eigenvalue weighted by Gasteiger charge is 2.22. The van der Waals surface area contributed by atoms with Gasteiger partial charge in [-0.2, -0.15) is 0 Å². The van der Waals surface area contributed by atoms with Crippen LogP contribution in [-0.2, 0) is 0 Å². The zero-order chi connectivity index (χ0) is 14.2. The Morgan fingerprint density at radius 1 is 1.42 bits per heavy atom. The summed E-state index contributed by atoms with van der Waals surface area (Å²) in [5.41, 5.74) is 1.55. The first kappa shape index (κ1) is 13.5. The van der Waals surface area contributed by atoms with Gasteiger partial charge in [-0.15, -0.1) is 0 Å². The predicted octanol–water partition coefficient (Wildman–Crippen LogP) is 2.23. The first-order valence-corrected chi connectivity index (χ1v) is 6.29. The van der Waals surface area contributed by atoms with E-state index >= 15 is 0 Å². The maximum atomic E-state index is 11.3. The molecule has 19 heavy (non-hydrogen) atoms. The number of aromatic carboxylic acids is 1. The third-order valence-corrected chi connectivity index (χ3v) is 3.64. The molecule has 2 rings (SSSR count). The van der Waals surface area contributed by atoms with Crippen molar-refractivity contribution in [3.63, 3.8) is 0 Å². The largest absolute Gasteiger partial charge is 0.478 e. The summed E-state index contributed by atoms with van der Waals surface area (Å²) in [5, 5.41) is 18.6. The van der Waals surface area contributed by atoms with Gasteiger partial charge in [0.2, 0.25) is 0 Å². The van der Waals surface area contributed by atoms with Crippen LogP contribution in [0.2, 0.25) is 0 Å². The minimum Gasteiger partial charge on any atom is -0.478 e. The number of hydrogen-bond donors (Lipinski definition) is 2. The summed E-state index contributed by atoms with van der Waals surface area (Å²) in [7, 11) is 0. The molecule has 0 bridgehead atoms. The molecule has 0 fully saturated rings. The summed E-state index contributed by atoms with van der Waals surface area (Å²) in [4.78, 5) is 15.8. The van der Waals surface area contributed by atoms with Crippen molar-refractivity contribution in [2.45, 2.75) is 26.8 Å². The molecule has 2 N–H and O–H groups in total. The Morgan fingerprint density at radius 2 is 2.11 bits per heavy atom. The van der Waals surface area contributed by atoms with E-state index in [4.69, 9.17) is 0 Å².